The van der Waals surface area contributed by atoms with Crippen molar-refractivity contribution in [2.45, 2.75) is 57.1 Å². The summed E-state index contributed by atoms with van der Waals surface area (Å²) in [7, 11) is 0. The van der Waals surface area contributed by atoms with Crippen LogP contribution in [0.25, 0.3) is 0 Å². The third kappa shape index (κ3) is 8.50. The van der Waals surface area contributed by atoms with Crippen molar-refractivity contribution in [1.29, 1.82) is 0 Å². The van der Waals surface area contributed by atoms with Crippen molar-refractivity contribution in [3.63, 3.8) is 0 Å². The molecular formula is C35H32F3N3O5. The van der Waals surface area contributed by atoms with Crippen LogP contribution in [0, 0.1) is 0 Å². The average molecular weight is 632 g/mol. The van der Waals surface area contributed by atoms with E-state index in [1.165, 1.54) is 17.0 Å². The number of halogens is 3. The largest absolute Gasteiger partial charge is 0.573 e. The number of carboxylic acid groups (broad SMARTS) is 1. The van der Waals surface area contributed by atoms with E-state index < -0.39 is 29.9 Å². The number of nitrogens with zero attached hydrogens (tertiary/aromatic N) is 3. The van der Waals surface area contributed by atoms with Crippen LogP contribution in [0.3, 0.4) is 0 Å². The fourth-order valence-corrected chi connectivity index (χ4v) is 5.32. The van der Waals surface area contributed by atoms with E-state index in [1.807, 2.05) is 65.6 Å². The maximum absolute atomic E-state index is 14.1. The zero-order valence-electron chi connectivity index (χ0n) is 24.8. The Morgan fingerprint density at radius 1 is 0.891 bits per heavy atom. The third-order valence-corrected chi connectivity index (χ3v) is 7.58. The first kappa shape index (κ1) is 32.2. The predicted octanol–water partition coefficient (Wildman–Crippen LogP) is 7.14. The van der Waals surface area contributed by atoms with Gasteiger partial charge in [-0.05, 0) is 59.9 Å². The number of carbonyl (C=O) groups is 3. The second-order valence-corrected chi connectivity index (χ2v) is 11.1. The summed E-state index contributed by atoms with van der Waals surface area (Å²) < 4.78 is 42.2. The summed E-state index contributed by atoms with van der Waals surface area (Å²) in [4.78, 5) is 46.1. The smallest absolute Gasteiger partial charge is 0.481 e. The second-order valence-electron chi connectivity index (χ2n) is 11.1. The summed E-state index contributed by atoms with van der Waals surface area (Å²) in [6.45, 7) is 0.957. The van der Waals surface area contributed by atoms with Crippen LogP contribution in [0.1, 0.15) is 58.6 Å². The van der Waals surface area contributed by atoms with Crippen molar-refractivity contribution in [2.24, 2.45) is 0 Å². The van der Waals surface area contributed by atoms with E-state index >= 15 is 0 Å². The molecule has 8 nitrogen and oxygen atoms in total. The molecule has 0 saturated heterocycles. The number of ether oxygens (including phenoxy) is 1. The lowest BCUT2D eigenvalue weighted by molar-refractivity contribution is -0.274. The average Bonchev–Trinajstić information content (AvgIpc) is 3.86. The fourth-order valence-electron chi connectivity index (χ4n) is 5.32. The van der Waals surface area contributed by atoms with Crippen molar-refractivity contribution >= 4 is 29.8 Å². The van der Waals surface area contributed by atoms with E-state index in [0.29, 0.717) is 43.6 Å². The van der Waals surface area contributed by atoms with Crippen molar-refractivity contribution < 1.29 is 37.4 Å². The van der Waals surface area contributed by atoms with Crippen molar-refractivity contribution in [3.8, 4) is 5.75 Å². The number of benzene rings is 3. The summed E-state index contributed by atoms with van der Waals surface area (Å²) in [5, 5.41) is 9.67. The second kappa shape index (κ2) is 14.3. The number of alkyl halides is 3. The van der Waals surface area contributed by atoms with Gasteiger partial charge in [-0.25, -0.2) is 4.98 Å². The Morgan fingerprint density at radius 2 is 1.48 bits per heavy atom. The molecule has 1 N–H and O–H groups in total. The molecule has 46 heavy (non-hydrogen) atoms. The van der Waals surface area contributed by atoms with Crippen molar-refractivity contribution in [2.75, 3.05) is 9.80 Å². The van der Waals surface area contributed by atoms with Gasteiger partial charge in [0.15, 0.2) is 0 Å². The maximum atomic E-state index is 14.1. The normalized spacial score (nSPS) is 13.5. The van der Waals surface area contributed by atoms with E-state index in [9.17, 15) is 32.7 Å². The summed E-state index contributed by atoms with van der Waals surface area (Å²) in [5.41, 5.74) is 2.57. The van der Waals surface area contributed by atoms with Gasteiger partial charge in [0.2, 0.25) is 0 Å². The van der Waals surface area contributed by atoms with Crippen LogP contribution in [-0.2, 0) is 22.7 Å². The summed E-state index contributed by atoms with van der Waals surface area (Å²) in [5.74, 6) is -2.10. The van der Waals surface area contributed by atoms with Crippen LogP contribution in [0.15, 0.2) is 97.1 Å². The van der Waals surface area contributed by atoms with Crippen molar-refractivity contribution in [1.82, 2.24) is 4.98 Å². The van der Waals surface area contributed by atoms with Gasteiger partial charge in [-0.3, -0.25) is 14.5 Å². The predicted molar refractivity (Wildman–Crippen MR) is 166 cm³/mol. The summed E-state index contributed by atoms with van der Waals surface area (Å²) >= 11 is 0. The topological polar surface area (TPSA) is 100 Å². The van der Waals surface area contributed by atoms with Gasteiger partial charge in [-0.15, -0.1) is 13.2 Å². The minimum atomic E-state index is -4.88. The van der Waals surface area contributed by atoms with E-state index in [4.69, 9.17) is 4.98 Å². The molecule has 238 valence electrons. The highest BCUT2D eigenvalue weighted by molar-refractivity contribution is 6.07. The Kier molecular flexibility index (Phi) is 10.00. The van der Waals surface area contributed by atoms with Gasteiger partial charge >= 0.3 is 12.3 Å². The first-order valence-electron chi connectivity index (χ1n) is 14.8. The number of aliphatic carboxylic acids is 1. The minimum absolute atomic E-state index is 0.103. The number of anilines is 2. The van der Waals surface area contributed by atoms with Crippen LogP contribution in [0.2, 0.25) is 0 Å². The first-order valence-corrected chi connectivity index (χ1v) is 14.8. The van der Waals surface area contributed by atoms with E-state index in [1.54, 1.807) is 12.1 Å². The molecule has 1 unspecified atom stereocenters. The monoisotopic (exact) mass is 631 g/mol. The van der Waals surface area contributed by atoms with Crippen LogP contribution in [-0.4, -0.2) is 40.7 Å². The highest BCUT2D eigenvalue weighted by atomic mass is 19.4. The molecule has 1 amide bonds. The van der Waals surface area contributed by atoms with Gasteiger partial charge in [0.1, 0.15) is 23.7 Å². The summed E-state index contributed by atoms with van der Waals surface area (Å²) in [6, 6.07) is 27.4. The Morgan fingerprint density at radius 3 is 1.98 bits per heavy atom. The lowest BCUT2D eigenvalue weighted by Gasteiger charge is -2.30. The zero-order chi connectivity index (χ0) is 32.7. The fraction of sp³-hybridized carbons (Fsp3) is 0.257. The van der Waals surface area contributed by atoms with Gasteiger partial charge in [0.05, 0.1) is 6.42 Å². The molecule has 1 saturated carbocycles. The van der Waals surface area contributed by atoms with Crippen LogP contribution < -0.4 is 14.5 Å². The lowest BCUT2D eigenvalue weighted by Crippen LogP contribution is -2.35. The van der Waals surface area contributed by atoms with E-state index in [2.05, 4.69) is 4.74 Å². The number of aldehydes is 1. The molecule has 3 aromatic carbocycles. The number of pyridine rings is 1. The molecule has 5 rings (SSSR count). The molecular weight excluding hydrogens is 599 g/mol. The third-order valence-electron chi connectivity index (χ3n) is 7.58. The molecule has 0 bridgehead atoms. The van der Waals surface area contributed by atoms with Crippen LogP contribution in [0.4, 0.5) is 24.8 Å². The molecule has 1 aromatic heterocycles. The molecule has 1 aliphatic rings. The number of hydrogen-bond acceptors (Lipinski definition) is 6. The SMILES string of the molecule is O=CCC(CC(=O)O)c1ccc(N(Cc2ccccc2)Cc2ccccc2)nc1N(C(=O)c1ccc(OC(F)(F)F)cc1)C1CC1. The number of carbonyl (C=O) groups excluding carboxylic acids is 2. The molecule has 11 heteroatoms. The van der Waals surface area contributed by atoms with Crippen LogP contribution >= 0.6 is 0 Å². The Balaban J connectivity index is 1.60. The van der Waals surface area contributed by atoms with Gasteiger partial charge < -0.3 is 19.5 Å². The number of amides is 1. The van der Waals surface area contributed by atoms with Gasteiger partial charge in [0.25, 0.3) is 5.91 Å². The first-order chi connectivity index (χ1) is 22.1. The number of carboxylic acids is 1. The maximum Gasteiger partial charge on any atom is 0.573 e. The van der Waals surface area contributed by atoms with Gasteiger partial charge in [0, 0.05) is 37.0 Å². The molecule has 4 aromatic rings. The van der Waals surface area contributed by atoms with Gasteiger partial charge in [-0.1, -0.05) is 66.7 Å². The summed E-state index contributed by atoms with van der Waals surface area (Å²) in [6.07, 6.45) is -3.39. The molecule has 0 aliphatic heterocycles. The van der Waals surface area contributed by atoms with Gasteiger partial charge in [-0.2, -0.15) is 0 Å². The molecule has 0 radical (unpaired) electrons. The molecule has 1 heterocycles. The Labute approximate surface area is 264 Å². The number of aromatic nitrogens is 1. The Hall–Kier alpha value is -5.19. The minimum Gasteiger partial charge on any atom is -0.481 e. The number of hydrogen-bond donors (Lipinski definition) is 1. The molecule has 1 atom stereocenters. The Bertz CT molecular complexity index is 1600. The molecule has 0 spiro atoms. The highest BCUT2D eigenvalue weighted by Gasteiger charge is 2.38. The standard InChI is InChI=1S/C35H32F3N3O5/c36-35(37,38)46-29-15-11-26(12-16-29)34(45)41(28-13-14-28)33-30(27(19-20-42)21-32(43)44)17-18-31(39-33)40(22-24-7-3-1-4-8-24)23-25-9-5-2-6-10-25/h1-12,15-18,20,27-28H,13-14,19,21-23H2,(H,43,44). The molecule has 1 aliphatic carbocycles. The highest BCUT2D eigenvalue weighted by Crippen LogP contribution is 2.40. The van der Waals surface area contributed by atoms with Crippen LogP contribution in [0.5, 0.6) is 5.75 Å². The quantitative estimate of drug-likeness (QED) is 0.148. The zero-order valence-corrected chi connectivity index (χ0v) is 24.8. The lowest BCUT2D eigenvalue weighted by atomic mass is 9.92. The van der Waals surface area contributed by atoms with E-state index in [0.717, 1.165) is 23.3 Å². The number of rotatable bonds is 14. The molecule has 1 fully saturated rings. The van der Waals surface area contributed by atoms with E-state index in [-0.39, 0.29) is 30.3 Å². The van der Waals surface area contributed by atoms with Crippen molar-refractivity contribution in [3.05, 3.63) is 119 Å².